The van der Waals surface area contributed by atoms with Crippen molar-refractivity contribution in [1.82, 2.24) is 20.0 Å². The van der Waals surface area contributed by atoms with E-state index < -0.39 is 0 Å². The van der Waals surface area contributed by atoms with Gasteiger partial charge in [0, 0.05) is 44.1 Å². The third kappa shape index (κ3) is 6.76. The molecule has 1 fully saturated rings. The summed E-state index contributed by atoms with van der Waals surface area (Å²) in [7, 11) is 1.86. The van der Waals surface area contributed by atoms with Crippen LogP contribution in [-0.2, 0) is 16.1 Å². The molecule has 1 aliphatic rings. The van der Waals surface area contributed by atoms with Gasteiger partial charge in [-0.05, 0) is 24.8 Å². The van der Waals surface area contributed by atoms with Crippen LogP contribution in [0.2, 0.25) is 0 Å². The van der Waals surface area contributed by atoms with Crippen LogP contribution in [0, 0.1) is 0 Å². The highest BCUT2D eigenvalue weighted by Crippen LogP contribution is 2.11. The number of nitrogens with one attached hydrogen (secondary N) is 1. The van der Waals surface area contributed by atoms with Crippen molar-refractivity contribution in [2.45, 2.75) is 32.9 Å². The first kappa shape index (κ1) is 19.9. The number of hydrogen-bond donors (Lipinski definition) is 1. The van der Waals surface area contributed by atoms with E-state index in [4.69, 9.17) is 0 Å². The normalized spacial score (nSPS) is 17.2. The average molecular weight is 367 g/mol. The lowest BCUT2D eigenvalue weighted by atomic mass is 10.2. The predicted octanol–water partition coefficient (Wildman–Crippen LogP) is 1.24. The summed E-state index contributed by atoms with van der Waals surface area (Å²) >= 11 is 1.67. The standard InChI is InChI=1S/C18H30N4O2S/c1-4-15(2)19-17(23)13-21-7-9-22(10-8-21)14-18(24)20(3)12-16-6-5-11-25-16/h5-6,11,15H,4,7-10,12-14H2,1-3H3,(H,19,23). The predicted molar refractivity (Wildman–Crippen MR) is 102 cm³/mol. The van der Waals surface area contributed by atoms with E-state index in [0.717, 1.165) is 32.6 Å². The van der Waals surface area contributed by atoms with Crippen LogP contribution in [-0.4, -0.2) is 78.9 Å². The summed E-state index contributed by atoms with van der Waals surface area (Å²) in [6, 6.07) is 4.29. The maximum atomic E-state index is 12.4. The van der Waals surface area contributed by atoms with Crippen LogP contribution in [0.5, 0.6) is 0 Å². The van der Waals surface area contributed by atoms with E-state index in [0.29, 0.717) is 19.6 Å². The second-order valence-corrected chi connectivity index (χ2v) is 7.79. The van der Waals surface area contributed by atoms with Crippen molar-refractivity contribution < 1.29 is 9.59 Å². The van der Waals surface area contributed by atoms with E-state index in [9.17, 15) is 9.59 Å². The number of amides is 2. The minimum atomic E-state index is 0.0922. The molecule has 2 heterocycles. The topological polar surface area (TPSA) is 55.9 Å². The van der Waals surface area contributed by atoms with Gasteiger partial charge in [-0.1, -0.05) is 13.0 Å². The lowest BCUT2D eigenvalue weighted by molar-refractivity contribution is -0.132. The lowest BCUT2D eigenvalue weighted by Gasteiger charge is -2.34. The van der Waals surface area contributed by atoms with Crippen LogP contribution in [0.4, 0.5) is 0 Å². The fraction of sp³-hybridized carbons (Fsp3) is 0.667. The summed E-state index contributed by atoms with van der Waals surface area (Å²) < 4.78 is 0. The largest absolute Gasteiger partial charge is 0.353 e. The van der Waals surface area contributed by atoms with E-state index in [2.05, 4.69) is 28.1 Å². The van der Waals surface area contributed by atoms with Crippen molar-refractivity contribution >= 4 is 23.2 Å². The Morgan fingerprint density at radius 3 is 2.44 bits per heavy atom. The zero-order valence-corrected chi connectivity index (χ0v) is 16.3. The zero-order valence-electron chi connectivity index (χ0n) is 15.5. The molecule has 140 valence electrons. The summed E-state index contributed by atoms with van der Waals surface area (Å²) in [5.74, 6) is 0.242. The average Bonchev–Trinajstić information content (AvgIpc) is 3.09. The van der Waals surface area contributed by atoms with Crippen molar-refractivity contribution in [3.8, 4) is 0 Å². The molecule has 0 bridgehead atoms. The Labute approximate surface area is 154 Å². The molecule has 0 spiro atoms. The van der Waals surface area contributed by atoms with Crippen molar-refractivity contribution in [2.24, 2.45) is 0 Å². The molecule has 1 aromatic heterocycles. The number of carbonyl (C=O) groups excluding carboxylic acids is 2. The molecule has 1 unspecified atom stereocenters. The van der Waals surface area contributed by atoms with Crippen LogP contribution in [0.3, 0.4) is 0 Å². The Bertz CT molecular complexity index is 541. The first-order valence-corrected chi connectivity index (χ1v) is 9.86. The number of nitrogens with zero attached hydrogens (tertiary/aromatic N) is 3. The first-order chi connectivity index (χ1) is 12.0. The summed E-state index contributed by atoms with van der Waals surface area (Å²) in [5.41, 5.74) is 0. The quantitative estimate of drug-likeness (QED) is 0.752. The Morgan fingerprint density at radius 1 is 1.24 bits per heavy atom. The zero-order chi connectivity index (χ0) is 18.2. The molecule has 1 N–H and O–H groups in total. The Hall–Kier alpha value is -1.44. The van der Waals surface area contributed by atoms with Crippen LogP contribution >= 0.6 is 11.3 Å². The summed E-state index contributed by atoms with van der Waals surface area (Å²) in [4.78, 5) is 31.6. The van der Waals surface area contributed by atoms with Gasteiger partial charge in [0.1, 0.15) is 0 Å². The van der Waals surface area contributed by atoms with E-state index in [1.54, 1.807) is 16.2 Å². The molecule has 0 aromatic carbocycles. The van der Waals surface area contributed by atoms with Gasteiger partial charge < -0.3 is 10.2 Å². The van der Waals surface area contributed by atoms with Crippen molar-refractivity contribution in [3.05, 3.63) is 22.4 Å². The highest BCUT2D eigenvalue weighted by Gasteiger charge is 2.22. The number of piperazine rings is 1. The van der Waals surface area contributed by atoms with Gasteiger partial charge in [-0.15, -0.1) is 11.3 Å². The molecule has 1 atom stereocenters. The highest BCUT2D eigenvalue weighted by molar-refractivity contribution is 7.09. The van der Waals surface area contributed by atoms with Gasteiger partial charge in [-0.25, -0.2) is 0 Å². The van der Waals surface area contributed by atoms with Gasteiger partial charge in [0.25, 0.3) is 0 Å². The second-order valence-electron chi connectivity index (χ2n) is 6.76. The number of hydrogen-bond acceptors (Lipinski definition) is 5. The Morgan fingerprint density at radius 2 is 1.88 bits per heavy atom. The van der Waals surface area contributed by atoms with Crippen LogP contribution in [0.1, 0.15) is 25.1 Å². The van der Waals surface area contributed by atoms with Crippen LogP contribution in [0.15, 0.2) is 17.5 Å². The first-order valence-electron chi connectivity index (χ1n) is 8.98. The van der Waals surface area contributed by atoms with Gasteiger partial charge in [0.15, 0.2) is 0 Å². The molecule has 6 nitrogen and oxygen atoms in total. The van der Waals surface area contributed by atoms with Crippen molar-refractivity contribution in [1.29, 1.82) is 0 Å². The molecule has 2 amide bonds. The second kappa shape index (κ2) is 9.89. The fourth-order valence-corrected chi connectivity index (χ4v) is 3.52. The minimum Gasteiger partial charge on any atom is -0.353 e. The van der Waals surface area contributed by atoms with E-state index in [1.165, 1.54) is 4.88 Å². The summed E-state index contributed by atoms with van der Waals surface area (Å²) in [5, 5.41) is 5.03. The molecular formula is C18H30N4O2S. The molecular weight excluding hydrogens is 336 g/mol. The number of rotatable bonds is 8. The molecule has 0 saturated carbocycles. The maximum Gasteiger partial charge on any atom is 0.236 e. The highest BCUT2D eigenvalue weighted by atomic mass is 32.1. The van der Waals surface area contributed by atoms with Gasteiger partial charge in [0.2, 0.25) is 11.8 Å². The van der Waals surface area contributed by atoms with Gasteiger partial charge >= 0.3 is 0 Å². The summed E-state index contributed by atoms with van der Waals surface area (Å²) in [6.07, 6.45) is 0.945. The fourth-order valence-electron chi connectivity index (χ4n) is 2.77. The molecule has 2 rings (SSSR count). The van der Waals surface area contributed by atoms with E-state index in [-0.39, 0.29) is 17.9 Å². The van der Waals surface area contributed by atoms with Crippen LogP contribution in [0.25, 0.3) is 0 Å². The lowest BCUT2D eigenvalue weighted by Crippen LogP contribution is -2.52. The van der Waals surface area contributed by atoms with Crippen molar-refractivity contribution in [3.63, 3.8) is 0 Å². The maximum absolute atomic E-state index is 12.4. The molecule has 25 heavy (non-hydrogen) atoms. The smallest absolute Gasteiger partial charge is 0.236 e. The Kier molecular flexibility index (Phi) is 7.87. The third-order valence-corrected chi connectivity index (χ3v) is 5.47. The summed E-state index contributed by atoms with van der Waals surface area (Å²) in [6.45, 7) is 8.98. The van der Waals surface area contributed by atoms with Gasteiger partial charge in [0.05, 0.1) is 19.6 Å². The van der Waals surface area contributed by atoms with E-state index >= 15 is 0 Å². The third-order valence-electron chi connectivity index (χ3n) is 4.61. The Balaban J connectivity index is 1.67. The molecule has 0 aliphatic carbocycles. The van der Waals surface area contributed by atoms with Gasteiger partial charge in [-0.2, -0.15) is 0 Å². The minimum absolute atomic E-state index is 0.0922. The monoisotopic (exact) mass is 366 g/mol. The number of carbonyl (C=O) groups is 2. The van der Waals surface area contributed by atoms with Crippen LogP contribution < -0.4 is 5.32 Å². The molecule has 7 heteroatoms. The van der Waals surface area contributed by atoms with E-state index in [1.807, 2.05) is 25.4 Å². The molecule has 1 aliphatic heterocycles. The number of thiophene rings is 1. The molecule has 1 aromatic rings. The molecule has 0 radical (unpaired) electrons. The molecule has 1 saturated heterocycles. The SMILES string of the molecule is CCC(C)NC(=O)CN1CCN(CC(=O)N(C)Cc2cccs2)CC1. The van der Waals surface area contributed by atoms with Crippen molar-refractivity contribution in [2.75, 3.05) is 46.3 Å². The van der Waals surface area contributed by atoms with Gasteiger partial charge in [-0.3, -0.25) is 19.4 Å². The number of likely N-dealkylation sites (N-methyl/N-ethyl adjacent to an activating group) is 1.